The number of azo groups is 1. The number of hydrogen-bond donors (Lipinski definition) is 6. The Labute approximate surface area is 247 Å². The third-order valence-corrected chi connectivity index (χ3v) is 8.36. The number of carbonyl (C=O) groups excluding carboxylic acids is 1. The number of primary amides is 1. The van der Waals surface area contributed by atoms with Crippen molar-refractivity contribution >= 4 is 93.1 Å². The van der Waals surface area contributed by atoms with Crippen LogP contribution in [0.5, 0.6) is 0 Å². The smallest absolute Gasteiger partial charge is 0.316 e. The van der Waals surface area contributed by atoms with Crippen molar-refractivity contribution in [1.82, 2.24) is 15.0 Å². The minimum absolute atomic E-state index is 0.0347. The van der Waals surface area contributed by atoms with Crippen molar-refractivity contribution in [2.24, 2.45) is 16.0 Å². The van der Waals surface area contributed by atoms with Crippen LogP contribution in [0.3, 0.4) is 0 Å². The lowest BCUT2D eigenvalue weighted by molar-refractivity contribution is 0.259. The largest absolute Gasteiger partial charge is 0.368 e. The second-order valence-corrected chi connectivity index (χ2v) is 13.7. The highest BCUT2D eigenvalue weighted by atomic mass is 35.5. The first-order valence-electron chi connectivity index (χ1n) is 11.1. The summed E-state index contributed by atoms with van der Waals surface area (Å²) in [7, 11) is -14.2. The number of nitrogens with two attached hydrogens (primary N) is 2. The zero-order valence-corrected chi connectivity index (χ0v) is 24.5. The topological polar surface area (TPSA) is 299 Å². The van der Waals surface area contributed by atoms with Gasteiger partial charge in [-0.3, -0.25) is 9.11 Å². The van der Waals surface area contributed by atoms with E-state index in [4.69, 9.17) is 23.1 Å². The Hall–Kier alpha value is -4.54. The summed E-state index contributed by atoms with van der Waals surface area (Å²) in [5, 5.41) is 12.1. The molecule has 0 radical (unpaired) electrons. The van der Waals surface area contributed by atoms with Crippen LogP contribution in [0, 0.1) is 0 Å². The number of halogens is 1. The molecule has 0 fully saturated rings. The number of hydrogen-bond acceptors (Lipinski definition) is 14. The lowest BCUT2D eigenvalue weighted by Crippen LogP contribution is -2.19. The first-order chi connectivity index (χ1) is 19.8. The Morgan fingerprint density at radius 3 is 2.14 bits per heavy atom. The number of nitrogens with one attached hydrogen (secondary N) is 2. The zero-order valence-electron chi connectivity index (χ0n) is 21.3. The van der Waals surface area contributed by atoms with Gasteiger partial charge >= 0.3 is 6.03 Å². The molecule has 0 aliphatic rings. The van der Waals surface area contributed by atoms with Gasteiger partial charge in [-0.05, 0) is 59.5 Å². The van der Waals surface area contributed by atoms with Crippen LogP contribution in [0.1, 0.15) is 0 Å². The van der Waals surface area contributed by atoms with Crippen LogP contribution in [0.2, 0.25) is 5.28 Å². The summed E-state index contributed by atoms with van der Waals surface area (Å²) in [6.07, 6.45) is 0.796. The van der Waals surface area contributed by atoms with Crippen LogP contribution in [-0.4, -0.2) is 61.6 Å². The molecule has 0 spiro atoms. The monoisotopic (exact) mass is 671 g/mol. The van der Waals surface area contributed by atoms with E-state index in [1.807, 2.05) is 0 Å². The van der Waals surface area contributed by atoms with Crippen molar-refractivity contribution in [3.63, 3.8) is 0 Å². The molecule has 4 aromatic rings. The van der Waals surface area contributed by atoms with Crippen molar-refractivity contribution in [3.05, 3.63) is 47.7 Å². The molecule has 0 aliphatic carbocycles. The van der Waals surface area contributed by atoms with Crippen LogP contribution in [-0.2, 0) is 30.1 Å². The molecule has 226 valence electrons. The van der Waals surface area contributed by atoms with Crippen molar-refractivity contribution < 1.29 is 39.2 Å². The molecule has 0 saturated heterocycles. The van der Waals surface area contributed by atoms with E-state index < -0.39 is 56.5 Å². The maximum atomic E-state index is 12.6. The second-order valence-electron chi connectivity index (χ2n) is 8.52. The van der Waals surface area contributed by atoms with Gasteiger partial charge in [0.2, 0.25) is 17.2 Å². The summed E-state index contributed by atoms with van der Waals surface area (Å²) in [5.74, 6) is -0.218. The molecule has 1 aromatic heterocycles. The van der Waals surface area contributed by atoms with Crippen molar-refractivity contribution in [2.45, 2.75) is 14.7 Å². The lowest BCUT2D eigenvalue weighted by Gasteiger charge is -2.11. The fraction of sp³-hybridized carbons (Fsp3) is 0.0476. The number of benzene rings is 3. The SMILES string of the molecule is CS(=O)(=O)c1cc2cc(S(=O)(=O)O)cc(S(=O)(=O)O)c2cc1/N=N/c1ccc(Nc2nc(N)nc(Cl)n2)cc1NC(N)=O. The number of anilines is 4. The molecule has 8 N–H and O–H groups in total. The van der Waals surface area contributed by atoms with Crippen LogP contribution in [0.25, 0.3) is 10.8 Å². The van der Waals surface area contributed by atoms with Crippen LogP contribution in [0.4, 0.5) is 39.4 Å². The second kappa shape index (κ2) is 11.3. The molecule has 18 nitrogen and oxygen atoms in total. The Bertz CT molecular complexity index is 2160. The molecule has 22 heteroatoms. The highest BCUT2D eigenvalue weighted by molar-refractivity contribution is 7.91. The number of nitrogens with zero attached hydrogens (tertiary/aromatic N) is 5. The fourth-order valence-electron chi connectivity index (χ4n) is 3.65. The molecule has 0 bridgehead atoms. The number of nitrogen functional groups attached to an aromatic ring is 1. The Balaban J connectivity index is 1.88. The van der Waals surface area contributed by atoms with Gasteiger partial charge in [0.25, 0.3) is 20.2 Å². The molecule has 0 unspecified atom stereocenters. The predicted molar refractivity (Wildman–Crippen MR) is 153 cm³/mol. The summed E-state index contributed by atoms with van der Waals surface area (Å²) in [5.41, 5.74) is 10.6. The summed E-state index contributed by atoms with van der Waals surface area (Å²) in [6.45, 7) is 0. The van der Waals surface area contributed by atoms with E-state index in [0.29, 0.717) is 6.07 Å². The summed E-state index contributed by atoms with van der Waals surface area (Å²) < 4.78 is 91.9. The summed E-state index contributed by atoms with van der Waals surface area (Å²) in [6, 6.07) is 6.20. The van der Waals surface area contributed by atoms with E-state index in [1.54, 1.807) is 0 Å². The van der Waals surface area contributed by atoms with Gasteiger partial charge in [0.1, 0.15) is 16.3 Å². The average molecular weight is 672 g/mol. The summed E-state index contributed by atoms with van der Waals surface area (Å²) >= 11 is 5.77. The van der Waals surface area contributed by atoms with Crippen LogP contribution in [0.15, 0.2) is 67.4 Å². The van der Waals surface area contributed by atoms with Gasteiger partial charge in [0.05, 0.1) is 15.5 Å². The van der Waals surface area contributed by atoms with E-state index in [-0.39, 0.29) is 45.0 Å². The van der Waals surface area contributed by atoms with Crippen LogP contribution >= 0.6 is 11.6 Å². The first-order valence-corrected chi connectivity index (χ1v) is 16.3. The molecule has 0 aliphatic heterocycles. The number of urea groups is 1. The molecule has 0 saturated carbocycles. The lowest BCUT2D eigenvalue weighted by atomic mass is 10.1. The van der Waals surface area contributed by atoms with Gasteiger partial charge in [-0.2, -0.15) is 31.8 Å². The Morgan fingerprint density at radius 2 is 1.56 bits per heavy atom. The Kier molecular flexibility index (Phi) is 8.23. The molecule has 4 rings (SSSR count). The zero-order chi connectivity index (χ0) is 31.9. The fourth-order valence-corrected chi connectivity index (χ4v) is 5.98. The third-order valence-electron chi connectivity index (χ3n) is 5.34. The normalized spacial score (nSPS) is 12.5. The number of carbonyl (C=O) groups is 1. The van der Waals surface area contributed by atoms with Gasteiger partial charge in [-0.1, -0.05) is 0 Å². The molecule has 1 heterocycles. The van der Waals surface area contributed by atoms with Gasteiger partial charge in [0, 0.05) is 17.3 Å². The molecular formula is C21H18ClN9O9S3. The maximum Gasteiger partial charge on any atom is 0.316 e. The van der Waals surface area contributed by atoms with Gasteiger partial charge < -0.3 is 22.1 Å². The van der Waals surface area contributed by atoms with Gasteiger partial charge in [-0.25, -0.2) is 13.2 Å². The van der Waals surface area contributed by atoms with Crippen molar-refractivity contribution in [3.8, 4) is 0 Å². The average Bonchev–Trinajstić information content (AvgIpc) is 2.84. The number of fused-ring (bicyclic) bond motifs is 1. The molecule has 2 amide bonds. The number of rotatable bonds is 8. The van der Waals surface area contributed by atoms with E-state index in [9.17, 15) is 39.2 Å². The first kappa shape index (κ1) is 31.4. The third kappa shape index (κ3) is 7.46. The van der Waals surface area contributed by atoms with E-state index >= 15 is 0 Å². The predicted octanol–water partition coefficient (Wildman–Crippen LogP) is 2.81. The number of amides is 2. The van der Waals surface area contributed by atoms with E-state index in [0.717, 1.165) is 24.5 Å². The number of sulfone groups is 1. The van der Waals surface area contributed by atoms with E-state index in [2.05, 4.69) is 35.8 Å². The molecule has 0 atom stereocenters. The van der Waals surface area contributed by atoms with Gasteiger partial charge in [-0.15, -0.1) is 10.2 Å². The number of aromatic nitrogens is 3. The Morgan fingerprint density at radius 1 is 0.884 bits per heavy atom. The van der Waals surface area contributed by atoms with Crippen LogP contribution < -0.4 is 22.1 Å². The summed E-state index contributed by atoms with van der Waals surface area (Å²) in [4.78, 5) is 20.6. The van der Waals surface area contributed by atoms with Gasteiger partial charge in [0.15, 0.2) is 9.84 Å². The maximum absolute atomic E-state index is 12.6. The van der Waals surface area contributed by atoms with Crippen molar-refractivity contribution in [1.29, 1.82) is 0 Å². The highest BCUT2D eigenvalue weighted by Gasteiger charge is 2.24. The molecule has 43 heavy (non-hydrogen) atoms. The minimum Gasteiger partial charge on any atom is -0.368 e. The highest BCUT2D eigenvalue weighted by Crippen LogP contribution is 2.37. The minimum atomic E-state index is -5.10. The molecular weight excluding hydrogens is 654 g/mol. The molecule has 3 aromatic carbocycles. The quantitative estimate of drug-likeness (QED) is 0.116. The standard InChI is InChI=1S/C21H18ClN9O9S3/c1-41(33,34)17-5-9-4-11(42(35,36)37)7-16(43(38,39)40)12(9)8-15(17)31-30-13-3-2-10(6-14(13)26-20(24)32)25-21-28-18(22)27-19(23)29-21/h2-8H,1H3,(H3,24,26,32)(H,35,36,37)(H,38,39,40)(H3,23,25,27,28,29)/b31-30+. The van der Waals surface area contributed by atoms with E-state index in [1.165, 1.54) is 18.2 Å². The van der Waals surface area contributed by atoms with Crippen molar-refractivity contribution in [2.75, 3.05) is 22.6 Å².